The van der Waals surface area contributed by atoms with Crippen molar-refractivity contribution in [1.82, 2.24) is 0 Å². The maximum absolute atomic E-state index is 12.9. The summed E-state index contributed by atoms with van der Waals surface area (Å²) in [6.45, 7) is 6.49. The molecule has 0 aliphatic heterocycles. The van der Waals surface area contributed by atoms with Crippen molar-refractivity contribution in [3.05, 3.63) is 97.2 Å². The first-order chi connectivity index (χ1) is 40.5. The lowest BCUT2D eigenvalue weighted by Gasteiger charge is -2.18. The van der Waals surface area contributed by atoms with Crippen molar-refractivity contribution in [3.63, 3.8) is 0 Å². The molecule has 0 aliphatic carbocycles. The second-order valence-electron chi connectivity index (χ2n) is 23.4. The van der Waals surface area contributed by atoms with Crippen molar-refractivity contribution in [1.29, 1.82) is 0 Å². The number of esters is 3. The van der Waals surface area contributed by atoms with Gasteiger partial charge in [-0.3, -0.25) is 14.4 Å². The molecule has 0 amide bonds. The first-order valence-electron chi connectivity index (χ1n) is 35.2. The lowest BCUT2D eigenvalue weighted by Crippen LogP contribution is -2.30. The fourth-order valence-corrected chi connectivity index (χ4v) is 10.1. The predicted octanol–water partition coefficient (Wildman–Crippen LogP) is 24.4. The summed E-state index contributed by atoms with van der Waals surface area (Å²) in [5, 5.41) is 0. The van der Waals surface area contributed by atoms with Crippen LogP contribution in [0.1, 0.15) is 348 Å². The van der Waals surface area contributed by atoms with E-state index < -0.39 is 6.10 Å². The zero-order valence-corrected chi connectivity index (χ0v) is 54.2. The number of carbonyl (C=O) groups excluding carboxylic acids is 3. The Hall–Kier alpha value is -3.67. The van der Waals surface area contributed by atoms with Crippen LogP contribution < -0.4 is 0 Å². The molecule has 0 aromatic heterocycles. The summed E-state index contributed by atoms with van der Waals surface area (Å²) in [7, 11) is 0. The second-order valence-corrected chi connectivity index (χ2v) is 23.4. The van der Waals surface area contributed by atoms with Gasteiger partial charge in [0.1, 0.15) is 13.2 Å². The van der Waals surface area contributed by atoms with Crippen molar-refractivity contribution in [3.8, 4) is 0 Å². The first-order valence-corrected chi connectivity index (χ1v) is 35.2. The minimum Gasteiger partial charge on any atom is -0.462 e. The molecule has 0 aromatic carbocycles. The molecule has 0 bridgehead atoms. The number of allylic oxidation sites excluding steroid dienone is 16. The third-order valence-corrected chi connectivity index (χ3v) is 15.3. The van der Waals surface area contributed by atoms with Gasteiger partial charge in [0, 0.05) is 19.3 Å². The Morgan fingerprint density at radius 3 is 0.744 bits per heavy atom. The molecule has 6 heteroatoms. The molecule has 82 heavy (non-hydrogen) atoms. The molecule has 0 aliphatic rings. The van der Waals surface area contributed by atoms with Gasteiger partial charge < -0.3 is 14.2 Å². The highest BCUT2D eigenvalue weighted by Gasteiger charge is 2.19. The van der Waals surface area contributed by atoms with Gasteiger partial charge in [-0.05, 0) is 103 Å². The summed E-state index contributed by atoms with van der Waals surface area (Å²) in [5.74, 6) is -0.875. The van der Waals surface area contributed by atoms with E-state index in [9.17, 15) is 14.4 Å². The summed E-state index contributed by atoms with van der Waals surface area (Å²) in [6, 6.07) is 0. The van der Waals surface area contributed by atoms with E-state index in [-0.39, 0.29) is 31.1 Å². The van der Waals surface area contributed by atoms with Crippen molar-refractivity contribution in [2.24, 2.45) is 0 Å². The van der Waals surface area contributed by atoms with Crippen LogP contribution >= 0.6 is 0 Å². The normalized spacial score (nSPS) is 12.7. The number of rotatable bonds is 64. The Balaban J connectivity index is 4.03. The molecule has 0 N–H and O–H groups in total. The van der Waals surface area contributed by atoms with Crippen LogP contribution in [0, 0.1) is 0 Å². The predicted molar refractivity (Wildman–Crippen MR) is 357 cm³/mol. The second kappa shape index (κ2) is 69.8. The van der Waals surface area contributed by atoms with Crippen LogP contribution in [-0.2, 0) is 28.6 Å². The van der Waals surface area contributed by atoms with Gasteiger partial charge in [0.25, 0.3) is 0 Å². The van der Waals surface area contributed by atoms with Gasteiger partial charge in [0.2, 0.25) is 0 Å². The third-order valence-electron chi connectivity index (χ3n) is 15.3. The Labute approximate surface area is 508 Å². The van der Waals surface area contributed by atoms with Crippen molar-refractivity contribution < 1.29 is 28.6 Å². The molecule has 472 valence electrons. The standard InChI is InChI=1S/C76H132O6/c1-4-7-10-13-16-18-20-22-24-26-28-30-32-34-36-37-38-39-41-42-44-46-48-50-52-54-56-58-60-63-66-69-75(78)81-72-73(71-80-74(77)68-65-62-15-12-9-6-3)82-76(79)70-67-64-61-59-57-55-53-51-49-47-45-43-40-35-33-31-29-27-25-23-21-19-17-14-11-8-5-2/h8,11,17,19-20,22-23,25-26,28-29,31-32,34-35,40,73H,4-7,9-10,12-16,18,21,24,27,30,33,36-39,41-72H2,1-3H3/b11-8-,19-17-,22-20-,25-23-,28-26-,31-29-,34-32-,40-35-. The van der Waals surface area contributed by atoms with Crippen LogP contribution in [0.5, 0.6) is 0 Å². The molecule has 0 saturated heterocycles. The maximum atomic E-state index is 12.9. The van der Waals surface area contributed by atoms with Crippen molar-refractivity contribution in [2.75, 3.05) is 13.2 Å². The highest BCUT2D eigenvalue weighted by atomic mass is 16.6. The van der Waals surface area contributed by atoms with Crippen LogP contribution in [0.25, 0.3) is 0 Å². The number of carbonyl (C=O) groups is 3. The van der Waals surface area contributed by atoms with Gasteiger partial charge in [0.15, 0.2) is 6.10 Å². The van der Waals surface area contributed by atoms with E-state index in [1.54, 1.807) is 0 Å². The van der Waals surface area contributed by atoms with E-state index in [1.807, 2.05) is 0 Å². The lowest BCUT2D eigenvalue weighted by atomic mass is 10.0. The van der Waals surface area contributed by atoms with E-state index >= 15 is 0 Å². The van der Waals surface area contributed by atoms with E-state index in [2.05, 4.69) is 118 Å². The molecule has 0 aromatic rings. The van der Waals surface area contributed by atoms with Crippen LogP contribution in [0.2, 0.25) is 0 Å². The Bertz CT molecular complexity index is 1590. The zero-order chi connectivity index (χ0) is 59.2. The Morgan fingerprint density at radius 1 is 0.256 bits per heavy atom. The molecule has 1 unspecified atom stereocenters. The monoisotopic (exact) mass is 1140 g/mol. The van der Waals surface area contributed by atoms with Gasteiger partial charge >= 0.3 is 17.9 Å². The van der Waals surface area contributed by atoms with Crippen LogP contribution in [0.4, 0.5) is 0 Å². The highest BCUT2D eigenvalue weighted by Crippen LogP contribution is 2.17. The molecule has 0 rings (SSSR count). The summed E-state index contributed by atoms with van der Waals surface area (Å²) < 4.78 is 16.9. The Kier molecular flexibility index (Phi) is 66.7. The Morgan fingerprint density at radius 2 is 0.476 bits per heavy atom. The lowest BCUT2D eigenvalue weighted by molar-refractivity contribution is -0.167. The largest absolute Gasteiger partial charge is 0.462 e. The number of ether oxygens (including phenoxy) is 3. The van der Waals surface area contributed by atoms with Gasteiger partial charge in [-0.1, -0.05) is 323 Å². The van der Waals surface area contributed by atoms with E-state index in [4.69, 9.17) is 14.2 Å². The number of unbranched alkanes of at least 4 members (excludes halogenated alkanes) is 37. The van der Waals surface area contributed by atoms with E-state index in [0.717, 1.165) is 103 Å². The van der Waals surface area contributed by atoms with Crippen LogP contribution in [0.15, 0.2) is 97.2 Å². The molecule has 0 heterocycles. The fourth-order valence-electron chi connectivity index (χ4n) is 10.1. The molecule has 0 radical (unpaired) electrons. The molecule has 0 spiro atoms. The molecular formula is C76H132O6. The topological polar surface area (TPSA) is 78.9 Å². The maximum Gasteiger partial charge on any atom is 0.306 e. The van der Waals surface area contributed by atoms with Gasteiger partial charge in [-0.25, -0.2) is 0 Å². The number of hydrogen-bond acceptors (Lipinski definition) is 6. The SMILES string of the molecule is CC/C=C\C/C=C\C/C=C\C/C=C\C/C=C\CCCCCCCCCCCCCC(=O)OC(COC(=O)CCCCCCCC)COC(=O)CCCCCCCCCCCCCCCCCC/C=C\C/C=C\C/C=C\CCCCCCC. The van der Waals surface area contributed by atoms with Crippen molar-refractivity contribution >= 4 is 17.9 Å². The summed E-state index contributed by atoms with van der Waals surface area (Å²) >= 11 is 0. The third kappa shape index (κ3) is 67.1. The quantitative estimate of drug-likeness (QED) is 0.0261. The average Bonchev–Trinajstić information content (AvgIpc) is 3.47. The van der Waals surface area contributed by atoms with Crippen LogP contribution in [0.3, 0.4) is 0 Å². The smallest absolute Gasteiger partial charge is 0.306 e. The zero-order valence-electron chi connectivity index (χ0n) is 54.2. The van der Waals surface area contributed by atoms with Gasteiger partial charge in [-0.15, -0.1) is 0 Å². The fraction of sp³-hybridized carbons (Fsp3) is 0.750. The van der Waals surface area contributed by atoms with Crippen molar-refractivity contribution in [2.45, 2.75) is 354 Å². The first kappa shape index (κ1) is 78.3. The van der Waals surface area contributed by atoms with Gasteiger partial charge in [-0.2, -0.15) is 0 Å². The van der Waals surface area contributed by atoms with Crippen LogP contribution in [-0.4, -0.2) is 37.2 Å². The highest BCUT2D eigenvalue weighted by molar-refractivity contribution is 5.71. The average molecular weight is 1140 g/mol. The molecule has 0 fully saturated rings. The van der Waals surface area contributed by atoms with E-state index in [1.165, 1.54) is 205 Å². The minimum atomic E-state index is -0.776. The minimum absolute atomic E-state index is 0.0754. The molecule has 1 atom stereocenters. The number of hydrogen-bond donors (Lipinski definition) is 0. The molecular weight excluding hydrogens is 1010 g/mol. The summed E-state index contributed by atoms with van der Waals surface area (Å²) in [6.07, 6.45) is 94.7. The molecule has 0 saturated carbocycles. The summed E-state index contributed by atoms with van der Waals surface area (Å²) in [5.41, 5.74) is 0. The molecule has 6 nitrogen and oxygen atoms in total. The van der Waals surface area contributed by atoms with Gasteiger partial charge in [0.05, 0.1) is 0 Å². The van der Waals surface area contributed by atoms with E-state index in [0.29, 0.717) is 19.3 Å². The summed E-state index contributed by atoms with van der Waals surface area (Å²) in [4.78, 5) is 38.1.